The second-order valence-electron chi connectivity index (χ2n) is 27.3. The van der Waals surface area contributed by atoms with Gasteiger partial charge in [0.05, 0.1) is 27.7 Å². The van der Waals surface area contributed by atoms with Crippen LogP contribution < -0.4 is 4.89 Å². The van der Waals surface area contributed by atoms with E-state index in [2.05, 4.69) is 135 Å². The van der Waals surface area contributed by atoms with Gasteiger partial charge in [0.15, 0.2) is 6.10 Å². The fourth-order valence-electron chi connectivity index (χ4n) is 11.1. The Kier molecular flexibility index (Phi) is 70.8. The van der Waals surface area contributed by atoms with Crippen molar-refractivity contribution in [1.82, 2.24) is 0 Å². The lowest BCUT2D eigenvalue weighted by atomic mass is 10.0. The molecule has 0 aromatic rings. The maximum atomic E-state index is 12.9. The van der Waals surface area contributed by atoms with Gasteiger partial charge in [0.1, 0.15) is 19.8 Å². The first-order chi connectivity index (χ1) is 46.0. The molecule has 0 spiro atoms. The van der Waals surface area contributed by atoms with E-state index in [0.717, 1.165) is 103 Å². The number of phosphoric acid groups is 1. The first kappa shape index (κ1) is 90.4. The van der Waals surface area contributed by atoms with Crippen LogP contribution in [0.25, 0.3) is 0 Å². The monoisotopic (exact) mass is 1330 g/mol. The van der Waals surface area contributed by atoms with Crippen molar-refractivity contribution in [3.63, 3.8) is 0 Å². The summed E-state index contributed by atoms with van der Waals surface area (Å²) in [6.07, 6.45) is 106. The Labute approximate surface area is 581 Å². The molecule has 0 saturated heterocycles. The summed E-state index contributed by atoms with van der Waals surface area (Å²) in [7, 11) is 1.17. The topological polar surface area (TPSA) is 111 Å². The Balaban J connectivity index is 3.94. The summed E-state index contributed by atoms with van der Waals surface area (Å²) in [6.45, 7) is 4.05. The number of allylic oxidation sites excluding steroid dienone is 20. The van der Waals surface area contributed by atoms with Crippen molar-refractivity contribution in [1.29, 1.82) is 0 Å². The van der Waals surface area contributed by atoms with Crippen LogP contribution in [0.3, 0.4) is 0 Å². The van der Waals surface area contributed by atoms with Crippen molar-refractivity contribution in [2.75, 3.05) is 47.5 Å². The van der Waals surface area contributed by atoms with Crippen LogP contribution in [0.15, 0.2) is 122 Å². The Morgan fingerprint density at radius 2 is 0.574 bits per heavy atom. The average Bonchev–Trinajstić information content (AvgIpc) is 1.57. The van der Waals surface area contributed by atoms with Crippen LogP contribution >= 0.6 is 7.82 Å². The zero-order valence-corrected chi connectivity index (χ0v) is 62.8. The number of ether oxygens (including phenoxy) is 2. The third-order valence-corrected chi connectivity index (χ3v) is 17.9. The first-order valence-corrected chi connectivity index (χ1v) is 40.7. The van der Waals surface area contributed by atoms with Gasteiger partial charge in [-0.2, -0.15) is 0 Å². The molecule has 0 aliphatic rings. The maximum absolute atomic E-state index is 12.9. The smallest absolute Gasteiger partial charge is 0.306 e. The number of rotatable bonds is 72. The zero-order chi connectivity index (χ0) is 68.3. The van der Waals surface area contributed by atoms with Gasteiger partial charge in [0.2, 0.25) is 0 Å². The van der Waals surface area contributed by atoms with E-state index in [4.69, 9.17) is 18.5 Å². The molecule has 542 valence electrons. The van der Waals surface area contributed by atoms with Gasteiger partial charge in [0.25, 0.3) is 7.82 Å². The van der Waals surface area contributed by atoms with Gasteiger partial charge in [-0.25, -0.2) is 0 Å². The van der Waals surface area contributed by atoms with Crippen LogP contribution in [0.1, 0.15) is 348 Å². The van der Waals surface area contributed by atoms with Crippen LogP contribution in [-0.4, -0.2) is 70.0 Å². The van der Waals surface area contributed by atoms with E-state index in [1.807, 2.05) is 21.1 Å². The van der Waals surface area contributed by atoms with Crippen molar-refractivity contribution in [2.24, 2.45) is 0 Å². The van der Waals surface area contributed by atoms with Crippen molar-refractivity contribution in [3.8, 4) is 0 Å². The van der Waals surface area contributed by atoms with Crippen molar-refractivity contribution in [2.45, 2.75) is 354 Å². The van der Waals surface area contributed by atoms with Crippen molar-refractivity contribution >= 4 is 19.8 Å². The quantitative estimate of drug-likeness (QED) is 0.0195. The van der Waals surface area contributed by atoms with E-state index in [1.165, 1.54) is 212 Å². The summed E-state index contributed by atoms with van der Waals surface area (Å²) in [5.41, 5.74) is 0. The normalized spacial score (nSPS) is 13.7. The Hall–Kier alpha value is -3.59. The molecule has 0 aliphatic heterocycles. The highest BCUT2D eigenvalue weighted by Crippen LogP contribution is 2.38. The molecule has 2 atom stereocenters. The largest absolute Gasteiger partial charge is 0.756 e. The molecule has 0 aromatic heterocycles. The van der Waals surface area contributed by atoms with E-state index in [1.54, 1.807) is 0 Å². The maximum Gasteiger partial charge on any atom is 0.306 e. The number of quaternary nitrogens is 1. The molecule has 0 bridgehead atoms. The minimum Gasteiger partial charge on any atom is -0.756 e. The van der Waals surface area contributed by atoms with Crippen LogP contribution in [0.2, 0.25) is 0 Å². The Bertz CT molecular complexity index is 2010. The second kappa shape index (κ2) is 73.7. The summed E-state index contributed by atoms with van der Waals surface area (Å²) in [4.78, 5) is 38.2. The molecular formula is C84H148NO8P. The first-order valence-electron chi connectivity index (χ1n) is 39.2. The molecule has 0 rings (SSSR count). The number of likely N-dealkylation sites (N-methyl/N-ethyl adjacent to an activating group) is 1. The molecule has 0 fully saturated rings. The second-order valence-corrected chi connectivity index (χ2v) is 28.7. The van der Waals surface area contributed by atoms with Gasteiger partial charge < -0.3 is 27.9 Å². The predicted octanol–water partition coefficient (Wildman–Crippen LogP) is 25.5. The van der Waals surface area contributed by atoms with E-state index < -0.39 is 26.5 Å². The Morgan fingerprint density at radius 3 is 0.851 bits per heavy atom. The van der Waals surface area contributed by atoms with Gasteiger partial charge in [-0.15, -0.1) is 0 Å². The van der Waals surface area contributed by atoms with E-state index in [0.29, 0.717) is 17.4 Å². The highest BCUT2D eigenvalue weighted by Gasteiger charge is 2.22. The molecule has 9 nitrogen and oxygen atoms in total. The fraction of sp³-hybridized carbons (Fsp3) is 0.738. The van der Waals surface area contributed by atoms with E-state index in [-0.39, 0.29) is 32.0 Å². The molecule has 0 heterocycles. The third kappa shape index (κ3) is 77.4. The number of hydrogen-bond acceptors (Lipinski definition) is 8. The number of nitrogens with zero attached hydrogens (tertiary/aromatic N) is 1. The van der Waals surface area contributed by atoms with Gasteiger partial charge in [-0.05, 0) is 103 Å². The minimum atomic E-state index is -4.65. The summed E-state index contributed by atoms with van der Waals surface area (Å²) < 4.78 is 34.4. The highest BCUT2D eigenvalue weighted by atomic mass is 31.2. The number of phosphoric ester groups is 1. The van der Waals surface area contributed by atoms with Crippen LogP contribution in [-0.2, 0) is 32.7 Å². The lowest BCUT2D eigenvalue weighted by molar-refractivity contribution is -0.870. The summed E-state index contributed by atoms with van der Waals surface area (Å²) in [5.74, 6) is -0.820. The van der Waals surface area contributed by atoms with E-state index >= 15 is 0 Å². The summed E-state index contributed by atoms with van der Waals surface area (Å²) >= 11 is 0. The zero-order valence-electron chi connectivity index (χ0n) is 61.9. The van der Waals surface area contributed by atoms with Crippen LogP contribution in [0.5, 0.6) is 0 Å². The molecule has 0 saturated carbocycles. The molecule has 0 N–H and O–H groups in total. The molecule has 2 unspecified atom stereocenters. The highest BCUT2D eigenvalue weighted by molar-refractivity contribution is 7.45. The third-order valence-electron chi connectivity index (χ3n) is 17.0. The SMILES string of the molecule is CC/C=C\C/C=C\C/C=C\C/C=C\C/C=C\C/C=C\CCCCCCCCCCCCCCCCCCCCCCCCC(=O)OC(COC(=O)CCCCCCCCCCCCCCCCCC/C=C\C/C=C\C/C=C\C/C=C\CC)COP(=O)([O-])OCC[N+](C)(C)C. The lowest BCUT2D eigenvalue weighted by Gasteiger charge is -2.28. The van der Waals surface area contributed by atoms with Gasteiger partial charge in [0, 0.05) is 12.8 Å². The molecule has 0 amide bonds. The number of carbonyl (C=O) groups is 2. The predicted molar refractivity (Wildman–Crippen MR) is 406 cm³/mol. The molecule has 10 heteroatoms. The van der Waals surface area contributed by atoms with Gasteiger partial charge >= 0.3 is 11.9 Å². The summed E-state index contributed by atoms with van der Waals surface area (Å²) in [6, 6.07) is 0. The summed E-state index contributed by atoms with van der Waals surface area (Å²) in [5, 5.41) is 0. The fourth-order valence-corrected chi connectivity index (χ4v) is 11.8. The van der Waals surface area contributed by atoms with Crippen LogP contribution in [0, 0.1) is 0 Å². The molecule has 0 aromatic carbocycles. The number of esters is 2. The minimum absolute atomic E-state index is 0.0321. The number of hydrogen-bond donors (Lipinski definition) is 0. The van der Waals surface area contributed by atoms with E-state index in [9.17, 15) is 19.0 Å². The molecular weight excluding hydrogens is 1180 g/mol. The van der Waals surface area contributed by atoms with Crippen LogP contribution in [0.4, 0.5) is 0 Å². The molecule has 94 heavy (non-hydrogen) atoms. The van der Waals surface area contributed by atoms with Gasteiger partial charge in [-0.3, -0.25) is 14.2 Å². The Morgan fingerprint density at radius 1 is 0.330 bits per heavy atom. The standard InChI is InChI=1S/C84H148NO8P/c1-6-8-10-12-14-16-18-20-22-24-26-28-30-32-34-36-37-38-39-40-41-42-43-44-45-46-47-49-51-53-55-57-59-61-63-65-67-69-71-73-75-77-84(87)93-82(81-92-94(88,89)91-79-78-85(3,4)5)80-90-83(86)76-74-72-70-68-66-64-62-60-58-56-54-52-50-48-35-33-31-29-27-25-23-21-19-17-15-13-11-9-7-2/h8-11,14-17,20-23,26-29,32,34,37-38,82H,6-7,12-13,18-19,24-25,30-31,33,35-36,39-81H2,1-5H3/b10-8-,11-9-,16-14-,17-15-,22-20-,23-21-,28-26-,29-27-,34-32-,38-37-. The molecule has 0 radical (unpaired) electrons. The van der Waals surface area contributed by atoms with Crippen molar-refractivity contribution < 1.29 is 42.1 Å². The van der Waals surface area contributed by atoms with Crippen molar-refractivity contribution in [3.05, 3.63) is 122 Å². The number of carbonyl (C=O) groups excluding carboxylic acids is 2. The van der Waals surface area contributed by atoms with Gasteiger partial charge in [-0.1, -0.05) is 354 Å². The average molecular weight is 1330 g/mol. The number of unbranched alkanes of at least 4 members (excludes halogenated alkanes) is 38. The lowest BCUT2D eigenvalue weighted by Crippen LogP contribution is -2.37. The molecule has 0 aliphatic carbocycles.